The minimum atomic E-state index is -0.786. The molecule has 0 aromatic heterocycles. The number of hydrogen-bond donors (Lipinski definition) is 3. The number of nitrogens with one attached hydrogen (secondary N) is 1. The van der Waals surface area contributed by atoms with E-state index in [9.17, 15) is 9.70 Å². The molecule has 0 fully saturated rings. The molecule has 2 aromatic rings. The molecule has 32 heavy (non-hydrogen) atoms. The first kappa shape index (κ1) is 23.6. The van der Waals surface area contributed by atoms with Crippen LogP contribution in [0.4, 0.5) is 5.69 Å². The highest BCUT2D eigenvalue weighted by Crippen LogP contribution is 2.34. The van der Waals surface area contributed by atoms with Crippen LogP contribution in [0.2, 0.25) is 5.02 Å². The number of rotatable bonds is 8. The van der Waals surface area contributed by atoms with Crippen molar-refractivity contribution in [1.82, 2.24) is 5.32 Å². The minimum absolute atomic E-state index is 0.0193. The summed E-state index contributed by atoms with van der Waals surface area (Å²) in [4.78, 5) is 30.6. The zero-order chi connectivity index (χ0) is 23.3. The maximum Gasteiger partial charge on any atom is 0.222 e. The summed E-state index contributed by atoms with van der Waals surface area (Å²) in [5, 5.41) is 6.53. The monoisotopic (exact) mass is 458 g/mol. The molecule has 1 aliphatic rings. The molecule has 0 bridgehead atoms. The Morgan fingerprint density at radius 3 is 2.66 bits per heavy atom. The maximum absolute atomic E-state index is 12.5. The minimum Gasteiger partial charge on any atom is -0.497 e. The Labute approximate surface area is 191 Å². The molecule has 10 heteroatoms. The highest BCUT2D eigenvalue weighted by molar-refractivity contribution is 6.30. The Bertz CT molecular complexity index is 998. The van der Waals surface area contributed by atoms with Gasteiger partial charge in [-0.2, -0.15) is 0 Å². The summed E-state index contributed by atoms with van der Waals surface area (Å²) < 4.78 is 5.42. The van der Waals surface area contributed by atoms with Gasteiger partial charge < -0.3 is 26.4 Å². The van der Waals surface area contributed by atoms with Gasteiger partial charge in [0.1, 0.15) is 11.9 Å². The third kappa shape index (κ3) is 5.07. The summed E-state index contributed by atoms with van der Waals surface area (Å²) in [7, 11) is 1.57. The van der Waals surface area contributed by atoms with Gasteiger partial charge in [-0.3, -0.25) is 9.79 Å². The van der Waals surface area contributed by atoms with E-state index in [4.69, 9.17) is 32.8 Å². The maximum atomic E-state index is 12.5. The van der Waals surface area contributed by atoms with Crippen molar-refractivity contribution in [2.75, 3.05) is 25.1 Å². The molecule has 2 aromatic carbocycles. The Morgan fingerprint density at radius 1 is 1.31 bits per heavy atom. The van der Waals surface area contributed by atoms with E-state index in [-0.39, 0.29) is 12.3 Å². The van der Waals surface area contributed by atoms with E-state index in [2.05, 4.69) is 10.5 Å². The summed E-state index contributed by atoms with van der Waals surface area (Å²) in [6, 6.07) is 12.0. The van der Waals surface area contributed by atoms with Crippen molar-refractivity contribution in [1.29, 1.82) is 0 Å². The van der Waals surface area contributed by atoms with Crippen LogP contribution < -0.4 is 26.4 Å². The number of benzene rings is 2. The van der Waals surface area contributed by atoms with Crippen LogP contribution in [0.15, 0.2) is 52.6 Å². The first-order valence-electron chi connectivity index (χ1n) is 10.2. The lowest BCUT2D eigenvalue weighted by Gasteiger charge is -2.35. The molecule has 0 saturated carbocycles. The van der Waals surface area contributed by atoms with E-state index in [1.54, 1.807) is 37.1 Å². The first-order chi connectivity index (χ1) is 15.4. The lowest BCUT2D eigenvalue weighted by molar-refractivity contribution is -0.121. The summed E-state index contributed by atoms with van der Waals surface area (Å²) in [6.45, 7) is 2.33. The summed E-state index contributed by atoms with van der Waals surface area (Å²) in [6.07, 6.45) is -1.54. The third-order valence-electron chi connectivity index (χ3n) is 5.28. The van der Waals surface area contributed by atoms with Crippen LogP contribution in [-0.2, 0) is 4.79 Å². The second-order valence-corrected chi connectivity index (χ2v) is 7.85. The molecule has 5 N–H and O–H groups in total. The van der Waals surface area contributed by atoms with Gasteiger partial charge in [-0.15, -0.1) is 4.91 Å². The number of methoxy groups -OCH3 is 1. The standard InChI is InChI=1S/C22H27ClN6O3/c1-13(28-31)29-19-8-7-16(32-2)11-17(19)21(14-3-5-15(23)6-4-14)27-18(22(29)25)12-20(30)26-10-9-24/h3-8,11,13,18,22H,9-10,12,24-25H2,1-2H3,(H,26,30)/t13?,18-,22?/m0/s1. The van der Waals surface area contributed by atoms with Gasteiger partial charge in [-0.25, -0.2) is 0 Å². The molecule has 0 spiro atoms. The number of benzodiazepines with no additional fused rings is 1. The molecular weight excluding hydrogens is 432 g/mol. The fourth-order valence-electron chi connectivity index (χ4n) is 3.69. The van der Waals surface area contributed by atoms with Crippen LogP contribution in [0.5, 0.6) is 5.75 Å². The largest absolute Gasteiger partial charge is 0.497 e. The smallest absolute Gasteiger partial charge is 0.222 e. The van der Waals surface area contributed by atoms with E-state index >= 15 is 0 Å². The lowest BCUT2D eigenvalue weighted by atomic mass is 9.99. The van der Waals surface area contributed by atoms with Gasteiger partial charge in [0.2, 0.25) is 5.91 Å². The summed E-state index contributed by atoms with van der Waals surface area (Å²) in [5.74, 6) is 0.384. The number of aliphatic imine (C=N–C) groups is 1. The number of ether oxygens (including phenoxy) is 1. The van der Waals surface area contributed by atoms with Crippen molar-refractivity contribution in [3.05, 3.63) is 63.5 Å². The first-order valence-corrected chi connectivity index (χ1v) is 10.6. The second-order valence-electron chi connectivity index (χ2n) is 7.41. The van der Waals surface area contributed by atoms with Crippen molar-refractivity contribution < 1.29 is 9.53 Å². The van der Waals surface area contributed by atoms with E-state index in [1.165, 1.54) is 0 Å². The summed E-state index contributed by atoms with van der Waals surface area (Å²) in [5.41, 5.74) is 14.9. The SMILES string of the molecule is COc1ccc2c(c1)C(c1ccc(Cl)cc1)=N[C@@H](CC(=O)NCCN)C(N)N2C(C)N=O. The number of amides is 1. The lowest BCUT2D eigenvalue weighted by Crippen LogP contribution is -2.53. The molecule has 0 radical (unpaired) electrons. The van der Waals surface area contributed by atoms with Crippen LogP contribution in [0.1, 0.15) is 24.5 Å². The number of nitroso groups, excluding NO2 is 1. The van der Waals surface area contributed by atoms with E-state index in [1.807, 2.05) is 24.3 Å². The molecule has 1 amide bonds. The average Bonchev–Trinajstić information content (AvgIpc) is 2.92. The topological polar surface area (TPSA) is 135 Å². The van der Waals surface area contributed by atoms with Crippen molar-refractivity contribution >= 4 is 28.9 Å². The Balaban J connectivity index is 2.19. The van der Waals surface area contributed by atoms with Crippen molar-refractivity contribution in [2.45, 2.75) is 31.7 Å². The summed E-state index contributed by atoms with van der Waals surface area (Å²) >= 11 is 6.09. The quantitative estimate of drug-likeness (QED) is 0.519. The zero-order valence-corrected chi connectivity index (χ0v) is 18.7. The third-order valence-corrected chi connectivity index (χ3v) is 5.53. The number of anilines is 1. The molecule has 0 saturated heterocycles. The molecule has 3 rings (SSSR count). The number of nitrogens with zero attached hydrogens (tertiary/aromatic N) is 3. The van der Waals surface area contributed by atoms with Crippen molar-refractivity contribution in [2.24, 2.45) is 21.6 Å². The average molecular weight is 459 g/mol. The van der Waals surface area contributed by atoms with E-state index < -0.39 is 18.4 Å². The van der Waals surface area contributed by atoms with Crippen molar-refractivity contribution in [3.8, 4) is 5.75 Å². The molecule has 9 nitrogen and oxygen atoms in total. The number of carbonyl (C=O) groups excluding carboxylic acids is 1. The molecule has 3 atom stereocenters. The van der Waals surface area contributed by atoms with E-state index in [0.717, 1.165) is 5.56 Å². The predicted octanol–water partition coefficient (Wildman–Crippen LogP) is 2.24. The zero-order valence-electron chi connectivity index (χ0n) is 18.0. The van der Waals surface area contributed by atoms with Gasteiger partial charge in [-0.1, -0.05) is 23.7 Å². The highest BCUT2D eigenvalue weighted by atomic mass is 35.5. The van der Waals surface area contributed by atoms with Crippen LogP contribution in [-0.4, -0.2) is 50.2 Å². The van der Waals surface area contributed by atoms with Gasteiger partial charge in [0.25, 0.3) is 0 Å². The molecule has 1 aliphatic heterocycles. The fraction of sp³-hybridized carbons (Fsp3) is 0.364. The number of halogens is 1. The Morgan fingerprint density at radius 2 is 2.03 bits per heavy atom. The number of hydrogen-bond acceptors (Lipinski definition) is 8. The Hall–Kier alpha value is -3.01. The van der Waals surface area contributed by atoms with Gasteiger partial charge in [-0.05, 0) is 42.4 Å². The van der Waals surface area contributed by atoms with Crippen LogP contribution in [0, 0.1) is 4.91 Å². The fourth-order valence-corrected chi connectivity index (χ4v) is 3.82. The molecular formula is C22H27ClN6O3. The van der Waals surface area contributed by atoms with E-state index in [0.29, 0.717) is 40.8 Å². The number of nitrogens with two attached hydrogens (primary N) is 2. The molecule has 0 aliphatic carbocycles. The normalized spacial score (nSPS) is 18.8. The van der Waals surface area contributed by atoms with Gasteiger partial charge in [0.15, 0.2) is 6.17 Å². The van der Waals surface area contributed by atoms with Crippen LogP contribution in [0.3, 0.4) is 0 Å². The molecule has 2 unspecified atom stereocenters. The van der Waals surface area contributed by atoms with Gasteiger partial charge >= 0.3 is 0 Å². The predicted molar refractivity (Wildman–Crippen MR) is 126 cm³/mol. The molecule has 170 valence electrons. The second kappa shape index (κ2) is 10.5. The highest BCUT2D eigenvalue weighted by Gasteiger charge is 2.35. The van der Waals surface area contributed by atoms with Crippen LogP contribution in [0.25, 0.3) is 0 Å². The van der Waals surface area contributed by atoms with Crippen molar-refractivity contribution in [3.63, 3.8) is 0 Å². The van der Waals surface area contributed by atoms with Gasteiger partial charge in [0, 0.05) is 34.9 Å². The number of fused-ring (bicyclic) bond motifs is 1. The number of carbonyl (C=O) groups is 1. The molecule has 1 heterocycles. The van der Waals surface area contributed by atoms with Gasteiger partial charge in [0.05, 0.1) is 25.3 Å². The Kier molecular flexibility index (Phi) is 7.79. The van der Waals surface area contributed by atoms with Crippen LogP contribution >= 0.6 is 11.6 Å².